The predicted molar refractivity (Wildman–Crippen MR) is 65.6 cm³/mol. The second-order valence-corrected chi connectivity index (χ2v) is 4.49. The number of rotatable bonds is 4. The fourth-order valence-electron chi connectivity index (χ4n) is 1.43. The number of hydrogen-bond donors (Lipinski definition) is 2. The van der Waals surface area contributed by atoms with Crippen molar-refractivity contribution in [3.8, 4) is 0 Å². The van der Waals surface area contributed by atoms with E-state index in [9.17, 15) is 5.11 Å². The minimum absolute atomic E-state index is 0.211. The highest BCUT2D eigenvalue weighted by atomic mass is 32.2. The molecule has 0 aliphatic carbocycles. The van der Waals surface area contributed by atoms with Crippen molar-refractivity contribution >= 4 is 22.5 Å². The average Bonchev–Trinajstić information content (AvgIpc) is 2.35. The van der Waals surface area contributed by atoms with Gasteiger partial charge < -0.3 is 10.2 Å². The Hall–Kier alpha value is -1.10. The summed E-state index contributed by atoms with van der Waals surface area (Å²) < 4.78 is 0. The summed E-state index contributed by atoms with van der Waals surface area (Å²) in [5.41, 5.74) is 0. The first kappa shape index (κ1) is 11.4. The lowest BCUT2D eigenvalue weighted by molar-refractivity contribution is 0.113. The molecule has 0 radical (unpaired) electrons. The SMILES string of the molecule is OCC(O)CSc1nccc2ccccc12. The highest BCUT2D eigenvalue weighted by Gasteiger charge is 2.06. The lowest BCUT2D eigenvalue weighted by atomic mass is 10.2. The molecule has 1 aromatic carbocycles. The maximum atomic E-state index is 9.29. The summed E-state index contributed by atoms with van der Waals surface area (Å²) in [7, 11) is 0. The van der Waals surface area contributed by atoms with Gasteiger partial charge in [-0.05, 0) is 11.5 Å². The van der Waals surface area contributed by atoms with Crippen molar-refractivity contribution in [2.75, 3.05) is 12.4 Å². The fraction of sp³-hybridized carbons (Fsp3) is 0.250. The molecule has 0 fully saturated rings. The molecule has 0 amide bonds. The van der Waals surface area contributed by atoms with Crippen LogP contribution in [0.4, 0.5) is 0 Å². The Morgan fingerprint density at radius 3 is 2.88 bits per heavy atom. The maximum absolute atomic E-state index is 9.29. The van der Waals surface area contributed by atoms with Crippen LogP contribution in [0, 0.1) is 0 Å². The zero-order valence-electron chi connectivity index (χ0n) is 8.71. The molecule has 1 unspecified atom stereocenters. The molecule has 1 aromatic heterocycles. The average molecular weight is 235 g/mol. The van der Waals surface area contributed by atoms with E-state index in [1.54, 1.807) is 6.20 Å². The van der Waals surface area contributed by atoms with Crippen LogP contribution < -0.4 is 0 Å². The molecule has 16 heavy (non-hydrogen) atoms. The monoisotopic (exact) mass is 235 g/mol. The van der Waals surface area contributed by atoms with Gasteiger partial charge in [0.15, 0.2) is 0 Å². The van der Waals surface area contributed by atoms with Crippen LogP contribution in [-0.4, -0.2) is 33.7 Å². The number of fused-ring (bicyclic) bond motifs is 1. The number of nitrogens with zero attached hydrogens (tertiary/aromatic N) is 1. The first-order valence-electron chi connectivity index (χ1n) is 5.06. The smallest absolute Gasteiger partial charge is 0.104 e. The summed E-state index contributed by atoms with van der Waals surface area (Å²) in [6, 6.07) is 9.96. The third-order valence-corrected chi connectivity index (χ3v) is 3.41. The number of hydrogen-bond acceptors (Lipinski definition) is 4. The van der Waals surface area contributed by atoms with Gasteiger partial charge in [-0.3, -0.25) is 0 Å². The topological polar surface area (TPSA) is 53.4 Å². The van der Waals surface area contributed by atoms with E-state index in [0.717, 1.165) is 15.8 Å². The minimum atomic E-state index is -0.689. The molecule has 3 nitrogen and oxygen atoms in total. The number of aliphatic hydroxyl groups excluding tert-OH is 2. The van der Waals surface area contributed by atoms with Crippen molar-refractivity contribution in [1.82, 2.24) is 4.98 Å². The van der Waals surface area contributed by atoms with Crippen LogP contribution in [0.2, 0.25) is 0 Å². The van der Waals surface area contributed by atoms with Gasteiger partial charge in [0, 0.05) is 17.3 Å². The highest BCUT2D eigenvalue weighted by molar-refractivity contribution is 7.99. The first-order valence-corrected chi connectivity index (χ1v) is 6.05. The molecule has 0 saturated heterocycles. The zero-order chi connectivity index (χ0) is 11.4. The quantitative estimate of drug-likeness (QED) is 0.792. The molecule has 1 atom stereocenters. The lowest BCUT2D eigenvalue weighted by Gasteiger charge is -2.07. The molecule has 0 aliphatic rings. The van der Waals surface area contributed by atoms with E-state index in [2.05, 4.69) is 4.98 Å². The molecule has 0 saturated carbocycles. The molecule has 0 aliphatic heterocycles. The van der Waals surface area contributed by atoms with Crippen LogP contribution in [-0.2, 0) is 0 Å². The van der Waals surface area contributed by atoms with E-state index in [4.69, 9.17) is 5.11 Å². The Bertz CT molecular complexity index is 470. The predicted octanol–water partition coefficient (Wildman–Crippen LogP) is 1.68. The maximum Gasteiger partial charge on any atom is 0.104 e. The van der Waals surface area contributed by atoms with E-state index in [-0.39, 0.29) is 6.61 Å². The minimum Gasteiger partial charge on any atom is -0.394 e. The standard InChI is InChI=1S/C12H13NO2S/c14-7-10(15)8-16-12-11-4-2-1-3-9(11)5-6-13-12/h1-6,10,14-15H,7-8H2. The first-order chi connectivity index (χ1) is 7.81. The third-order valence-electron chi connectivity index (χ3n) is 2.26. The number of pyridine rings is 1. The molecular formula is C12H13NO2S. The van der Waals surface area contributed by atoms with Gasteiger partial charge in [0.05, 0.1) is 12.7 Å². The van der Waals surface area contributed by atoms with Gasteiger partial charge in [-0.15, -0.1) is 11.8 Å². The Morgan fingerprint density at radius 2 is 2.06 bits per heavy atom. The van der Waals surface area contributed by atoms with Crippen molar-refractivity contribution < 1.29 is 10.2 Å². The molecule has 2 aromatic rings. The van der Waals surface area contributed by atoms with Crippen LogP contribution in [0.1, 0.15) is 0 Å². The molecule has 84 valence electrons. The largest absolute Gasteiger partial charge is 0.394 e. The van der Waals surface area contributed by atoms with Gasteiger partial charge in [0.1, 0.15) is 5.03 Å². The molecule has 0 spiro atoms. The number of aromatic nitrogens is 1. The third kappa shape index (κ3) is 2.52. The number of aliphatic hydroxyl groups is 2. The Kier molecular flexibility index (Phi) is 3.77. The van der Waals surface area contributed by atoms with Gasteiger partial charge in [0.2, 0.25) is 0 Å². The summed E-state index contributed by atoms with van der Waals surface area (Å²) in [6.07, 6.45) is 1.07. The van der Waals surface area contributed by atoms with Crippen molar-refractivity contribution in [3.63, 3.8) is 0 Å². The van der Waals surface area contributed by atoms with Crippen LogP contribution in [0.25, 0.3) is 10.8 Å². The van der Waals surface area contributed by atoms with Crippen molar-refractivity contribution in [2.45, 2.75) is 11.1 Å². The van der Waals surface area contributed by atoms with E-state index >= 15 is 0 Å². The Morgan fingerprint density at radius 1 is 1.25 bits per heavy atom. The molecule has 2 N–H and O–H groups in total. The fourth-order valence-corrected chi connectivity index (χ4v) is 2.37. The molecular weight excluding hydrogens is 222 g/mol. The Labute approximate surface area is 98.1 Å². The van der Waals surface area contributed by atoms with E-state index < -0.39 is 6.10 Å². The molecule has 1 heterocycles. The van der Waals surface area contributed by atoms with Gasteiger partial charge in [-0.1, -0.05) is 24.3 Å². The Balaban J connectivity index is 2.23. The van der Waals surface area contributed by atoms with Gasteiger partial charge in [-0.2, -0.15) is 0 Å². The van der Waals surface area contributed by atoms with Crippen LogP contribution in [0.3, 0.4) is 0 Å². The van der Waals surface area contributed by atoms with Crippen molar-refractivity contribution in [1.29, 1.82) is 0 Å². The van der Waals surface area contributed by atoms with Crippen LogP contribution >= 0.6 is 11.8 Å². The molecule has 2 rings (SSSR count). The second kappa shape index (κ2) is 5.30. The molecule has 4 heteroatoms. The zero-order valence-corrected chi connectivity index (χ0v) is 9.52. The second-order valence-electron chi connectivity index (χ2n) is 3.48. The van der Waals surface area contributed by atoms with Gasteiger partial charge in [-0.25, -0.2) is 4.98 Å². The number of benzene rings is 1. The van der Waals surface area contributed by atoms with Crippen molar-refractivity contribution in [2.24, 2.45) is 0 Å². The summed E-state index contributed by atoms with van der Waals surface area (Å²) >= 11 is 1.46. The van der Waals surface area contributed by atoms with E-state index in [1.807, 2.05) is 30.3 Å². The van der Waals surface area contributed by atoms with Crippen molar-refractivity contribution in [3.05, 3.63) is 36.5 Å². The summed E-state index contributed by atoms with van der Waals surface area (Å²) in [5.74, 6) is 0.456. The van der Waals surface area contributed by atoms with E-state index in [1.165, 1.54) is 11.8 Å². The number of thioether (sulfide) groups is 1. The lowest BCUT2D eigenvalue weighted by Crippen LogP contribution is -2.14. The summed E-state index contributed by atoms with van der Waals surface area (Å²) in [4.78, 5) is 4.28. The summed E-state index contributed by atoms with van der Waals surface area (Å²) in [5, 5.41) is 21.2. The van der Waals surface area contributed by atoms with Gasteiger partial charge in [0.25, 0.3) is 0 Å². The van der Waals surface area contributed by atoms with Crippen LogP contribution in [0.5, 0.6) is 0 Å². The summed E-state index contributed by atoms with van der Waals surface area (Å²) in [6.45, 7) is -0.211. The normalized spacial score (nSPS) is 12.9. The highest BCUT2D eigenvalue weighted by Crippen LogP contribution is 2.25. The van der Waals surface area contributed by atoms with E-state index in [0.29, 0.717) is 5.75 Å². The van der Waals surface area contributed by atoms with Gasteiger partial charge >= 0.3 is 0 Å². The van der Waals surface area contributed by atoms with Crippen LogP contribution in [0.15, 0.2) is 41.6 Å². The molecule has 0 bridgehead atoms.